The molecule has 0 spiro atoms. The van der Waals surface area contributed by atoms with Crippen molar-refractivity contribution in [1.29, 1.82) is 0 Å². The molecule has 0 heterocycles. The monoisotopic (exact) mass is 296 g/mol. The first-order valence-electron chi connectivity index (χ1n) is 8.90. The summed E-state index contributed by atoms with van der Waals surface area (Å²) in [6, 6.07) is 0. The van der Waals surface area contributed by atoms with Crippen LogP contribution >= 0.6 is 0 Å². The fourth-order valence-electron chi connectivity index (χ4n) is 2.17. The van der Waals surface area contributed by atoms with Crippen molar-refractivity contribution in [2.75, 3.05) is 19.8 Å². The van der Waals surface area contributed by atoms with E-state index in [1.54, 1.807) is 0 Å². The quantitative estimate of drug-likeness (QED) is 0.304. The van der Waals surface area contributed by atoms with Crippen LogP contribution in [0.4, 0.5) is 0 Å². The van der Waals surface area contributed by atoms with E-state index >= 15 is 0 Å². The number of rotatable bonds is 16. The van der Waals surface area contributed by atoms with Crippen LogP contribution in [-0.2, 0) is 4.74 Å². The molecule has 0 aromatic rings. The van der Waals surface area contributed by atoms with Gasteiger partial charge in [-0.15, -0.1) is 0 Å². The zero-order valence-corrected chi connectivity index (χ0v) is 14.1. The van der Waals surface area contributed by atoms with Crippen LogP contribution in [0, 0.1) is 0 Å². The van der Waals surface area contributed by atoms with Gasteiger partial charge in [0.1, 0.15) is 0 Å². The summed E-state index contributed by atoms with van der Waals surface area (Å²) in [5.41, 5.74) is 0. The minimum absolute atomic E-state index is 0.141. The van der Waals surface area contributed by atoms with Gasteiger partial charge in [-0.2, -0.15) is 0 Å². The van der Waals surface area contributed by atoms with E-state index in [-0.39, 0.29) is 6.61 Å². The molecule has 0 amide bonds. The predicted octanol–water partition coefficient (Wildman–Crippen LogP) is 5.42. The Labute approximate surface area is 132 Å². The smallest absolute Gasteiger partial charge is 0.0697 e. The lowest BCUT2D eigenvalue weighted by atomic mass is 10.1. The van der Waals surface area contributed by atoms with Gasteiger partial charge in [-0.1, -0.05) is 69.8 Å². The van der Waals surface area contributed by atoms with E-state index in [1.165, 1.54) is 57.8 Å². The van der Waals surface area contributed by atoms with Crippen LogP contribution in [0.2, 0.25) is 0 Å². The first-order valence-corrected chi connectivity index (χ1v) is 8.90. The Balaban J connectivity index is 3.09. The van der Waals surface area contributed by atoms with E-state index in [0.29, 0.717) is 6.61 Å². The molecule has 0 rings (SSSR count). The zero-order valence-electron chi connectivity index (χ0n) is 14.1. The number of aliphatic hydroxyl groups is 1. The van der Waals surface area contributed by atoms with Gasteiger partial charge < -0.3 is 9.84 Å². The van der Waals surface area contributed by atoms with Crippen molar-refractivity contribution in [3.05, 3.63) is 24.3 Å². The lowest BCUT2D eigenvalue weighted by Crippen LogP contribution is -2.00. The molecule has 0 aliphatic rings. The van der Waals surface area contributed by atoms with Crippen molar-refractivity contribution in [3.8, 4) is 0 Å². The molecular formula is C19H36O2. The highest BCUT2D eigenvalue weighted by Gasteiger charge is 1.91. The third-order valence-corrected chi connectivity index (χ3v) is 3.47. The molecule has 124 valence electrons. The van der Waals surface area contributed by atoms with Gasteiger partial charge in [-0.25, -0.2) is 0 Å². The van der Waals surface area contributed by atoms with Crippen molar-refractivity contribution < 1.29 is 9.84 Å². The lowest BCUT2D eigenvalue weighted by molar-refractivity contribution is 0.0895. The molecule has 0 aliphatic carbocycles. The summed E-state index contributed by atoms with van der Waals surface area (Å²) in [6.07, 6.45) is 23.0. The molecule has 0 aromatic carbocycles. The molecule has 0 unspecified atom stereocenters. The third kappa shape index (κ3) is 19.4. The number of hydrogen-bond acceptors (Lipinski definition) is 2. The molecule has 0 aromatic heterocycles. The van der Waals surface area contributed by atoms with Crippen LogP contribution in [0.25, 0.3) is 0 Å². The van der Waals surface area contributed by atoms with Crippen LogP contribution in [0.5, 0.6) is 0 Å². The summed E-state index contributed by atoms with van der Waals surface area (Å²) in [5.74, 6) is 0. The van der Waals surface area contributed by atoms with Crippen molar-refractivity contribution in [3.63, 3.8) is 0 Å². The van der Waals surface area contributed by atoms with E-state index in [4.69, 9.17) is 9.84 Å². The van der Waals surface area contributed by atoms with Gasteiger partial charge in [-0.3, -0.25) is 0 Å². The van der Waals surface area contributed by atoms with E-state index in [2.05, 4.69) is 31.2 Å². The van der Waals surface area contributed by atoms with Crippen LogP contribution in [0.3, 0.4) is 0 Å². The molecule has 0 radical (unpaired) electrons. The van der Waals surface area contributed by atoms with Gasteiger partial charge in [0.25, 0.3) is 0 Å². The topological polar surface area (TPSA) is 29.5 Å². The second-order valence-corrected chi connectivity index (χ2v) is 5.57. The number of hydrogen-bond donors (Lipinski definition) is 1. The Bertz CT molecular complexity index is 234. The first kappa shape index (κ1) is 20.4. The van der Waals surface area contributed by atoms with Crippen LogP contribution in [0.1, 0.15) is 77.6 Å². The van der Waals surface area contributed by atoms with E-state index in [1.807, 2.05) is 0 Å². The molecule has 0 aliphatic heterocycles. The maximum absolute atomic E-state index is 8.56. The fraction of sp³-hybridized carbons (Fsp3) is 0.789. The molecule has 0 atom stereocenters. The average Bonchev–Trinajstić information content (AvgIpc) is 2.50. The van der Waals surface area contributed by atoms with Crippen molar-refractivity contribution >= 4 is 0 Å². The van der Waals surface area contributed by atoms with Gasteiger partial charge in [0.05, 0.1) is 13.2 Å². The molecule has 2 heteroatoms. The van der Waals surface area contributed by atoms with E-state index < -0.39 is 0 Å². The standard InChI is InChI=1S/C19H36O2/c1-2-3-4-5-6-7-8-9-10-11-12-13-14-15-16-18-21-19-17-20/h5-6,8-9,20H,2-4,7,10-19H2,1H3/b6-5-,9-8-. The number of allylic oxidation sites excluding steroid dienone is 4. The maximum atomic E-state index is 8.56. The Morgan fingerprint density at radius 1 is 0.714 bits per heavy atom. The zero-order chi connectivity index (χ0) is 15.4. The summed E-state index contributed by atoms with van der Waals surface area (Å²) >= 11 is 0. The van der Waals surface area contributed by atoms with Gasteiger partial charge in [0.2, 0.25) is 0 Å². The summed E-state index contributed by atoms with van der Waals surface area (Å²) in [4.78, 5) is 0. The lowest BCUT2D eigenvalue weighted by Gasteiger charge is -2.02. The molecule has 0 fully saturated rings. The molecule has 1 N–H and O–H groups in total. The van der Waals surface area contributed by atoms with Crippen molar-refractivity contribution in [2.45, 2.75) is 77.6 Å². The van der Waals surface area contributed by atoms with Crippen LogP contribution in [0.15, 0.2) is 24.3 Å². The Kier molecular flexibility index (Phi) is 18.8. The molecule has 2 nitrogen and oxygen atoms in total. The van der Waals surface area contributed by atoms with E-state index in [9.17, 15) is 0 Å². The Morgan fingerprint density at radius 3 is 2.00 bits per heavy atom. The van der Waals surface area contributed by atoms with Gasteiger partial charge in [0.15, 0.2) is 0 Å². The normalized spacial score (nSPS) is 11.9. The number of ether oxygens (including phenoxy) is 1. The summed E-state index contributed by atoms with van der Waals surface area (Å²) in [6.45, 7) is 3.66. The van der Waals surface area contributed by atoms with Crippen molar-refractivity contribution in [1.82, 2.24) is 0 Å². The van der Waals surface area contributed by atoms with Gasteiger partial charge in [0, 0.05) is 6.61 Å². The average molecular weight is 296 g/mol. The SMILES string of the molecule is CCCC/C=C\C/C=C\CCCCCCCCOCCO. The highest BCUT2D eigenvalue weighted by Crippen LogP contribution is 2.08. The highest BCUT2D eigenvalue weighted by molar-refractivity contribution is 4.92. The minimum atomic E-state index is 0.141. The molecular weight excluding hydrogens is 260 g/mol. The molecule has 0 saturated carbocycles. The third-order valence-electron chi connectivity index (χ3n) is 3.47. The summed E-state index contributed by atoms with van der Waals surface area (Å²) in [7, 11) is 0. The first-order chi connectivity index (χ1) is 10.4. The van der Waals surface area contributed by atoms with Gasteiger partial charge >= 0.3 is 0 Å². The second kappa shape index (κ2) is 19.4. The summed E-state index contributed by atoms with van der Waals surface area (Å²) < 4.78 is 5.23. The molecule has 0 bridgehead atoms. The molecule has 0 saturated heterocycles. The minimum Gasteiger partial charge on any atom is -0.394 e. The van der Waals surface area contributed by atoms with Crippen LogP contribution in [-0.4, -0.2) is 24.9 Å². The predicted molar refractivity (Wildman–Crippen MR) is 92.6 cm³/mol. The van der Waals surface area contributed by atoms with Crippen molar-refractivity contribution in [2.24, 2.45) is 0 Å². The Morgan fingerprint density at radius 2 is 1.33 bits per heavy atom. The Hall–Kier alpha value is -0.600. The molecule has 21 heavy (non-hydrogen) atoms. The van der Waals surface area contributed by atoms with Crippen LogP contribution < -0.4 is 0 Å². The second-order valence-electron chi connectivity index (χ2n) is 5.57. The van der Waals surface area contributed by atoms with Gasteiger partial charge in [-0.05, 0) is 32.1 Å². The number of aliphatic hydroxyl groups excluding tert-OH is 1. The fourth-order valence-corrected chi connectivity index (χ4v) is 2.17. The number of unbranched alkanes of at least 4 members (excludes halogenated alkanes) is 8. The summed E-state index contributed by atoms with van der Waals surface area (Å²) in [5, 5.41) is 8.56. The largest absolute Gasteiger partial charge is 0.394 e. The highest BCUT2D eigenvalue weighted by atomic mass is 16.5. The van der Waals surface area contributed by atoms with E-state index in [0.717, 1.165) is 19.4 Å². The maximum Gasteiger partial charge on any atom is 0.0697 e.